The average Bonchev–Trinajstić information content (AvgIpc) is 3.00. The van der Waals surface area contributed by atoms with Crippen molar-refractivity contribution in [3.05, 3.63) is 35.8 Å². The van der Waals surface area contributed by atoms with Crippen LogP contribution in [0.3, 0.4) is 0 Å². The first kappa shape index (κ1) is 12.4. The fraction of sp³-hybridized carbons (Fsp3) is 0.529. The Kier molecular flexibility index (Phi) is 2.84. The molecule has 2 fully saturated rings. The van der Waals surface area contributed by atoms with Crippen molar-refractivity contribution in [3.63, 3.8) is 0 Å². The van der Waals surface area contributed by atoms with Gasteiger partial charge in [-0.3, -0.25) is 0 Å². The Morgan fingerprint density at radius 2 is 2.00 bits per heavy atom. The second kappa shape index (κ2) is 4.59. The third kappa shape index (κ3) is 1.80. The summed E-state index contributed by atoms with van der Waals surface area (Å²) in [5, 5.41) is 4.27. The molecular formula is C17H20FNO. The summed E-state index contributed by atoms with van der Waals surface area (Å²) in [6.45, 7) is 0. The van der Waals surface area contributed by atoms with E-state index in [1.807, 2.05) is 19.2 Å². The summed E-state index contributed by atoms with van der Waals surface area (Å²) in [6, 6.07) is 7.35. The van der Waals surface area contributed by atoms with Crippen LogP contribution < -0.4 is 5.32 Å². The average molecular weight is 273 g/mol. The molecule has 0 saturated heterocycles. The summed E-state index contributed by atoms with van der Waals surface area (Å²) in [5.74, 6) is 2.99. The molecule has 20 heavy (non-hydrogen) atoms. The van der Waals surface area contributed by atoms with Gasteiger partial charge in [-0.25, -0.2) is 4.39 Å². The van der Waals surface area contributed by atoms with Gasteiger partial charge in [-0.05, 0) is 49.8 Å². The molecule has 106 valence electrons. The maximum atomic E-state index is 13.8. The van der Waals surface area contributed by atoms with Crippen LogP contribution in [-0.2, 0) is 0 Å². The van der Waals surface area contributed by atoms with Gasteiger partial charge in [0, 0.05) is 5.39 Å². The molecule has 3 unspecified atom stereocenters. The Bertz CT molecular complexity index is 623. The Morgan fingerprint density at radius 3 is 2.65 bits per heavy atom. The first-order valence-electron chi connectivity index (χ1n) is 7.65. The van der Waals surface area contributed by atoms with Crippen molar-refractivity contribution >= 4 is 11.0 Å². The molecule has 1 aromatic heterocycles. The second-order valence-electron chi connectivity index (χ2n) is 6.26. The Labute approximate surface area is 118 Å². The van der Waals surface area contributed by atoms with E-state index in [2.05, 4.69) is 5.32 Å². The number of rotatable bonds is 3. The fourth-order valence-electron chi connectivity index (χ4n) is 4.27. The van der Waals surface area contributed by atoms with Crippen LogP contribution in [0.25, 0.3) is 11.0 Å². The number of halogens is 1. The van der Waals surface area contributed by atoms with Crippen LogP contribution in [0.4, 0.5) is 4.39 Å². The first-order chi connectivity index (χ1) is 9.79. The minimum Gasteiger partial charge on any atom is -0.456 e. The Hall–Kier alpha value is -1.35. The van der Waals surface area contributed by atoms with E-state index in [0.29, 0.717) is 11.5 Å². The van der Waals surface area contributed by atoms with Crippen LogP contribution in [0, 0.1) is 23.6 Å². The quantitative estimate of drug-likeness (QED) is 0.903. The van der Waals surface area contributed by atoms with Crippen molar-refractivity contribution in [1.82, 2.24) is 5.32 Å². The van der Waals surface area contributed by atoms with Crippen molar-refractivity contribution in [2.24, 2.45) is 17.8 Å². The highest BCUT2D eigenvalue weighted by Crippen LogP contribution is 2.60. The summed E-state index contributed by atoms with van der Waals surface area (Å²) >= 11 is 0. The van der Waals surface area contributed by atoms with Gasteiger partial charge in [0.25, 0.3) is 0 Å². The molecule has 0 aliphatic heterocycles. The lowest BCUT2D eigenvalue weighted by molar-refractivity contribution is 0.391. The molecule has 1 heterocycles. The number of benzene rings is 1. The third-order valence-corrected chi connectivity index (χ3v) is 5.24. The molecule has 3 atom stereocenters. The van der Waals surface area contributed by atoms with Crippen LogP contribution in [0.2, 0.25) is 0 Å². The van der Waals surface area contributed by atoms with E-state index in [9.17, 15) is 4.39 Å². The van der Waals surface area contributed by atoms with Gasteiger partial charge < -0.3 is 9.73 Å². The maximum absolute atomic E-state index is 13.8. The molecule has 2 saturated carbocycles. The van der Waals surface area contributed by atoms with E-state index < -0.39 is 0 Å². The van der Waals surface area contributed by atoms with Crippen molar-refractivity contribution in [2.45, 2.75) is 31.7 Å². The van der Waals surface area contributed by atoms with Crippen molar-refractivity contribution in [3.8, 4) is 0 Å². The zero-order valence-corrected chi connectivity index (χ0v) is 11.7. The summed E-state index contributed by atoms with van der Waals surface area (Å²) in [6.07, 6.45) is 5.43. The molecule has 0 amide bonds. The molecule has 3 heteroatoms. The molecule has 1 N–H and O–H groups in total. The molecule has 0 spiro atoms. The van der Waals surface area contributed by atoms with Gasteiger partial charge in [0.1, 0.15) is 5.76 Å². The highest BCUT2D eigenvalue weighted by molar-refractivity contribution is 5.78. The van der Waals surface area contributed by atoms with E-state index in [4.69, 9.17) is 4.42 Å². The third-order valence-electron chi connectivity index (χ3n) is 5.24. The molecule has 2 aliphatic rings. The normalized spacial score (nSPS) is 30.2. The molecule has 2 aliphatic carbocycles. The van der Waals surface area contributed by atoms with E-state index in [1.165, 1.54) is 31.7 Å². The standard InChI is InChI=1S/C17H20FNO/c1-19-16(15-11-6-2-3-7-12(11)15)14-9-10-5-4-8-13(18)17(10)20-14/h4-5,8-9,11-12,15-16,19H,2-3,6-7H2,1H3. The van der Waals surface area contributed by atoms with E-state index in [-0.39, 0.29) is 11.9 Å². The molecule has 2 aromatic rings. The van der Waals surface area contributed by atoms with Gasteiger partial charge in [0.15, 0.2) is 11.4 Å². The Balaban J connectivity index is 1.68. The zero-order chi connectivity index (χ0) is 13.7. The number of furan rings is 1. The summed E-state index contributed by atoms with van der Waals surface area (Å²) in [4.78, 5) is 0. The van der Waals surface area contributed by atoms with Crippen LogP contribution in [0.1, 0.15) is 37.5 Å². The van der Waals surface area contributed by atoms with Crippen LogP contribution >= 0.6 is 0 Å². The zero-order valence-electron chi connectivity index (χ0n) is 11.7. The van der Waals surface area contributed by atoms with Crippen LogP contribution in [0.5, 0.6) is 0 Å². The number of para-hydroxylation sites is 1. The summed E-state index contributed by atoms with van der Waals surface area (Å²) in [7, 11) is 1.98. The van der Waals surface area contributed by atoms with E-state index in [1.54, 1.807) is 6.07 Å². The Morgan fingerprint density at radius 1 is 1.25 bits per heavy atom. The minimum absolute atomic E-state index is 0.231. The van der Waals surface area contributed by atoms with Gasteiger partial charge in [0.2, 0.25) is 0 Å². The van der Waals surface area contributed by atoms with E-state index >= 15 is 0 Å². The number of hydrogen-bond donors (Lipinski definition) is 1. The van der Waals surface area contributed by atoms with Crippen LogP contribution in [-0.4, -0.2) is 7.05 Å². The molecular weight excluding hydrogens is 253 g/mol. The molecule has 0 radical (unpaired) electrons. The lowest BCUT2D eigenvalue weighted by Crippen LogP contribution is -2.19. The molecule has 1 aromatic carbocycles. The van der Waals surface area contributed by atoms with Gasteiger partial charge >= 0.3 is 0 Å². The maximum Gasteiger partial charge on any atom is 0.169 e. The number of nitrogens with one attached hydrogen (secondary N) is 1. The van der Waals surface area contributed by atoms with Gasteiger partial charge in [-0.15, -0.1) is 0 Å². The smallest absolute Gasteiger partial charge is 0.169 e. The highest BCUT2D eigenvalue weighted by Gasteiger charge is 2.54. The van der Waals surface area contributed by atoms with Gasteiger partial charge in [0.05, 0.1) is 6.04 Å². The minimum atomic E-state index is -0.267. The summed E-state index contributed by atoms with van der Waals surface area (Å²) in [5.41, 5.74) is 0.395. The SMILES string of the molecule is CNC(c1cc2cccc(F)c2o1)C1C2CCCCC21. The number of hydrogen-bond acceptors (Lipinski definition) is 2. The van der Waals surface area contributed by atoms with Crippen molar-refractivity contribution in [1.29, 1.82) is 0 Å². The largest absolute Gasteiger partial charge is 0.456 e. The van der Waals surface area contributed by atoms with E-state index in [0.717, 1.165) is 23.0 Å². The predicted molar refractivity (Wildman–Crippen MR) is 76.9 cm³/mol. The molecule has 4 rings (SSSR count). The predicted octanol–water partition coefficient (Wildman–Crippen LogP) is 4.27. The highest BCUT2D eigenvalue weighted by atomic mass is 19.1. The second-order valence-corrected chi connectivity index (χ2v) is 6.26. The molecule has 0 bridgehead atoms. The lowest BCUT2D eigenvalue weighted by atomic mass is 10.0. The molecule has 2 nitrogen and oxygen atoms in total. The van der Waals surface area contributed by atoms with Crippen LogP contribution in [0.15, 0.2) is 28.7 Å². The van der Waals surface area contributed by atoms with Crippen molar-refractivity contribution in [2.75, 3.05) is 7.05 Å². The van der Waals surface area contributed by atoms with Gasteiger partial charge in [-0.2, -0.15) is 0 Å². The number of fused-ring (bicyclic) bond motifs is 2. The monoisotopic (exact) mass is 273 g/mol. The van der Waals surface area contributed by atoms with Gasteiger partial charge in [-0.1, -0.05) is 25.0 Å². The fourth-order valence-corrected chi connectivity index (χ4v) is 4.27. The first-order valence-corrected chi connectivity index (χ1v) is 7.65. The summed E-state index contributed by atoms with van der Waals surface area (Å²) < 4.78 is 19.6. The topological polar surface area (TPSA) is 25.2 Å². The lowest BCUT2D eigenvalue weighted by Gasteiger charge is -2.13. The van der Waals surface area contributed by atoms with Crippen molar-refractivity contribution < 1.29 is 8.81 Å².